The third-order valence-corrected chi connectivity index (χ3v) is 4.48. The van der Waals surface area contributed by atoms with Crippen molar-refractivity contribution < 1.29 is 19.6 Å². The van der Waals surface area contributed by atoms with E-state index in [0.717, 1.165) is 29.5 Å². The molecule has 0 radical (unpaired) electrons. The third kappa shape index (κ3) is 4.13. The summed E-state index contributed by atoms with van der Waals surface area (Å²) in [5.74, 6) is 2.43. The number of ether oxygens (including phenoxy) is 2. The van der Waals surface area contributed by atoms with Crippen LogP contribution in [0.5, 0.6) is 11.5 Å². The first-order valence-corrected chi connectivity index (χ1v) is 8.28. The quantitative estimate of drug-likeness (QED) is 0.829. The molecular weight excluding hydrogens is 280 g/mol. The lowest BCUT2D eigenvalue weighted by molar-refractivity contribution is -0.650. The van der Waals surface area contributed by atoms with Crippen LogP contribution in [0.4, 0.5) is 0 Å². The van der Waals surface area contributed by atoms with E-state index in [-0.39, 0.29) is 12.7 Å². The molecule has 1 amide bonds. The maximum Gasteiger partial charge on any atom is 0.275 e. The summed E-state index contributed by atoms with van der Waals surface area (Å²) in [6.07, 6.45) is 6.75. The second kappa shape index (κ2) is 7.49. The molecule has 5 heteroatoms. The number of fused-ring (bicyclic) bond motifs is 1. The molecule has 0 unspecified atom stereocenters. The van der Waals surface area contributed by atoms with Crippen molar-refractivity contribution in [2.24, 2.45) is 5.92 Å². The Morgan fingerprint density at radius 2 is 2.00 bits per heavy atom. The predicted molar refractivity (Wildman–Crippen MR) is 82.6 cm³/mol. The molecule has 0 bridgehead atoms. The monoisotopic (exact) mass is 305 g/mol. The van der Waals surface area contributed by atoms with Crippen LogP contribution in [0.3, 0.4) is 0 Å². The number of hydrogen-bond donors (Lipinski definition) is 2. The zero-order valence-corrected chi connectivity index (χ0v) is 13.0. The smallest absolute Gasteiger partial charge is 0.275 e. The predicted octanol–water partition coefficient (Wildman–Crippen LogP) is 1.18. The summed E-state index contributed by atoms with van der Waals surface area (Å²) in [5, 5.41) is 5.11. The van der Waals surface area contributed by atoms with Crippen molar-refractivity contribution in [2.45, 2.75) is 38.6 Å². The first-order chi connectivity index (χ1) is 10.8. The Bertz CT molecular complexity index is 513. The van der Waals surface area contributed by atoms with E-state index in [9.17, 15) is 4.79 Å². The molecule has 0 saturated heterocycles. The Labute approximate surface area is 131 Å². The number of quaternary nitrogens is 1. The third-order valence-electron chi connectivity index (χ3n) is 4.48. The van der Waals surface area contributed by atoms with Crippen LogP contribution >= 0.6 is 0 Å². The molecule has 22 heavy (non-hydrogen) atoms. The first-order valence-electron chi connectivity index (χ1n) is 8.28. The highest BCUT2D eigenvalue weighted by atomic mass is 16.7. The van der Waals surface area contributed by atoms with Gasteiger partial charge >= 0.3 is 0 Å². The fraction of sp³-hybridized carbons (Fsp3) is 0.588. The maximum atomic E-state index is 11.9. The summed E-state index contributed by atoms with van der Waals surface area (Å²) in [4.78, 5) is 11.9. The Kier molecular flexibility index (Phi) is 5.16. The molecule has 0 atom stereocenters. The molecule has 2 aliphatic rings. The average molecular weight is 305 g/mol. The highest BCUT2D eigenvalue weighted by Gasteiger charge is 2.16. The highest BCUT2D eigenvalue weighted by Crippen LogP contribution is 2.32. The van der Waals surface area contributed by atoms with E-state index in [1.54, 1.807) is 0 Å². The molecule has 1 aromatic rings. The topological polar surface area (TPSA) is 64.2 Å². The number of benzene rings is 1. The van der Waals surface area contributed by atoms with Gasteiger partial charge in [0.15, 0.2) is 18.0 Å². The van der Waals surface area contributed by atoms with Crippen molar-refractivity contribution in [3.63, 3.8) is 0 Å². The van der Waals surface area contributed by atoms with E-state index in [0.29, 0.717) is 13.1 Å². The van der Waals surface area contributed by atoms with Gasteiger partial charge in [0.25, 0.3) is 5.91 Å². The maximum absolute atomic E-state index is 11.9. The lowest BCUT2D eigenvalue weighted by Crippen LogP contribution is -2.87. The van der Waals surface area contributed by atoms with Gasteiger partial charge in [0, 0.05) is 12.5 Å². The summed E-state index contributed by atoms with van der Waals surface area (Å²) >= 11 is 0. The van der Waals surface area contributed by atoms with Crippen LogP contribution in [0.2, 0.25) is 0 Å². The molecule has 3 rings (SSSR count). The van der Waals surface area contributed by atoms with Crippen LogP contribution in [0.25, 0.3) is 0 Å². The van der Waals surface area contributed by atoms with Gasteiger partial charge in [-0.1, -0.05) is 25.3 Å². The van der Waals surface area contributed by atoms with Crippen LogP contribution in [-0.2, 0) is 11.3 Å². The number of rotatable bonds is 6. The molecule has 5 nitrogen and oxygen atoms in total. The minimum Gasteiger partial charge on any atom is -0.454 e. The van der Waals surface area contributed by atoms with Gasteiger partial charge in [-0.25, -0.2) is 0 Å². The molecule has 120 valence electrons. The second-order valence-corrected chi connectivity index (χ2v) is 6.20. The number of nitrogens with one attached hydrogen (secondary N) is 1. The molecule has 1 aromatic carbocycles. The summed E-state index contributed by atoms with van der Waals surface area (Å²) in [6, 6.07) is 5.77. The standard InChI is InChI=1S/C17H24N2O3/c20-17(11-18-9-13-4-2-1-3-5-13)19-10-14-6-7-15-16(8-14)22-12-21-15/h6-8,13,18H,1-5,9-12H2,(H,19,20)/p+1. The van der Waals surface area contributed by atoms with E-state index >= 15 is 0 Å². The minimum absolute atomic E-state index is 0.0912. The summed E-state index contributed by atoms with van der Waals surface area (Å²) in [5.41, 5.74) is 1.03. The van der Waals surface area contributed by atoms with E-state index in [4.69, 9.17) is 9.47 Å². The molecule has 0 spiro atoms. The Morgan fingerprint density at radius 3 is 2.86 bits per heavy atom. The van der Waals surface area contributed by atoms with Crippen LogP contribution in [0.1, 0.15) is 37.7 Å². The Morgan fingerprint density at radius 1 is 1.18 bits per heavy atom. The first kappa shape index (κ1) is 15.2. The van der Waals surface area contributed by atoms with Crippen molar-refractivity contribution in [1.82, 2.24) is 5.32 Å². The summed E-state index contributed by atoms with van der Waals surface area (Å²) < 4.78 is 10.6. The van der Waals surface area contributed by atoms with Crippen molar-refractivity contribution in [1.29, 1.82) is 0 Å². The van der Waals surface area contributed by atoms with Gasteiger partial charge in [-0.05, 0) is 30.5 Å². The highest BCUT2D eigenvalue weighted by molar-refractivity contribution is 5.76. The van der Waals surface area contributed by atoms with E-state index in [2.05, 4.69) is 10.6 Å². The van der Waals surface area contributed by atoms with Crippen molar-refractivity contribution in [3.05, 3.63) is 23.8 Å². The van der Waals surface area contributed by atoms with E-state index in [1.807, 2.05) is 18.2 Å². The zero-order valence-electron chi connectivity index (χ0n) is 13.0. The summed E-state index contributed by atoms with van der Waals surface area (Å²) in [6.45, 7) is 2.41. The minimum atomic E-state index is 0.0912. The molecule has 0 aromatic heterocycles. The number of nitrogens with two attached hydrogens (primary N) is 1. The number of carbonyl (C=O) groups excluding carboxylic acids is 1. The van der Waals surface area contributed by atoms with E-state index in [1.165, 1.54) is 32.1 Å². The van der Waals surface area contributed by atoms with Gasteiger partial charge in [-0.2, -0.15) is 0 Å². The van der Waals surface area contributed by atoms with Gasteiger partial charge in [-0.15, -0.1) is 0 Å². The SMILES string of the molecule is O=C(C[NH2+]CC1CCCCC1)NCc1ccc2c(c1)OCO2. The average Bonchev–Trinajstić information content (AvgIpc) is 3.01. The number of carbonyl (C=O) groups is 1. The zero-order chi connectivity index (χ0) is 15.2. The molecule has 1 aliphatic heterocycles. The van der Waals surface area contributed by atoms with Gasteiger partial charge in [0.2, 0.25) is 6.79 Å². The van der Waals surface area contributed by atoms with Gasteiger partial charge in [-0.3, -0.25) is 4.79 Å². The lowest BCUT2D eigenvalue weighted by atomic mass is 9.89. The lowest BCUT2D eigenvalue weighted by Gasteiger charge is -2.19. The second-order valence-electron chi connectivity index (χ2n) is 6.20. The van der Waals surface area contributed by atoms with Crippen LogP contribution in [-0.4, -0.2) is 25.8 Å². The van der Waals surface area contributed by atoms with Crippen molar-refractivity contribution in [3.8, 4) is 11.5 Å². The fourth-order valence-corrected chi connectivity index (χ4v) is 3.20. The molecule has 1 saturated carbocycles. The van der Waals surface area contributed by atoms with Crippen LogP contribution in [0.15, 0.2) is 18.2 Å². The molecule has 1 heterocycles. The molecule has 3 N–H and O–H groups in total. The van der Waals surface area contributed by atoms with Gasteiger partial charge in [0.1, 0.15) is 0 Å². The Balaban J connectivity index is 1.35. The molecule has 1 aliphatic carbocycles. The summed E-state index contributed by atoms with van der Waals surface area (Å²) in [7, 11) is 0. The fourth-order valence-electron chi connectivity index (χ4n) is 3.20. The van der Waals surface area contributed by atoms with Crippen molar-refractivity contribution in [2.75, 3.05) is 19.9 Å². The van der Waals surface area contributed by atoms with Gasteiger partial charge in [0.05, 0.1) is 6.54 Å². The normalized spacial score (nSPS) is 17.5. The number of hydrogen-bond acceptors (Lipinski definition) is 3. The molecule has 1 fully saturated rings. The van der Waals surface area contributed by atoms with E-state index < -0.39 is 0 Å². The van der Waals surface area contributed by atoms with Gasteiger partial charge < -0.3 is 20.1 Å². The van der Waals surface area contributed by atoms with Crippen LogP contribution < -0.4 is 20.1 Å². The number of amides is 1. The van der Waals surface area contributed by atoms with Crippen molar-refractivity contribution >= 4 is 5.91 Å². The molecular formula is C17H25N2O3+. The largest absolute Gasteiger partial charge is 0.454 e. The van der Waals surface area contributed by atoms with Crippen LogP contribution in [0, 0.1) is 5.92 Å². The Hall–Kier alpha value is -1.75.